The number of aliphatic hydroxyl groups is 1. The Bertz CT molecular complexity index is 363. The summed E-state index contributed by atoms with van der Waals surface area (Å²) in [7, 11) is 2.10. The van der Waals surface area contributed by atoms with Crippen LogP contribution in [0.5, 0.6) is 0 Å². The van der Waals surface area contributed by atoms with Gasteiger partial charge in [-0.3, -0.25) is 4.90 Å². The van der Waals surface area contributed by atoms with Crippen LogP contribution < -0.4 is 5.32 Å². The Morgan fingerprint density at radius 2 is 2.00 bits per heavy atom. The number of amides is 2. The molecule has 2 rings (SSSR count). The maximum absolute atomic E-state index is 12.0. The lowest BCUT2D eigenvalue weighted by Gasteiger charge is -2.26. The van der Waals surface area contributed by atoms with E-state index in [0.717, 1.165) is 12.8 Å². The minimum atomic E-state index is -1.55. The zero-order valence-corrected chi connectivity index (χ0v) is 11.1. The van der Waals surface area contributed by atoms with Crippen LogP contribution in [0.25, 0.3) is 0 Å². The number of carboxylic acids is 1. The zero-order valence-electron chi connectivity index (χ0n) is 11.1. The molecule has 0 saturated carbocycles. The molecule has 108 valence electrons. The zero-order chi connectivity index (χ0) is 14.0. The van der Waals surface area contributed by atoms with Crippen molar-refractivity contribution in [3.8, 4) is 0 Å². The molecule has 0 radical (unpaired) electrons. The van der Waals surface area contributed by atoms with Crippen LogP contribution in [0.4, 0.5) is 4.79 Å². The average molecular weight is 271 g/mol. The number of aliphatic hydroxyl groups excluding tert-OH is 1. The number of likely N-dealkylation sites (N-methyl/N-ethyl adjacent to an activating group) is 1. The summed E-state index contributed by atoms with van der Waals surface area (Å²) in [6.45, 7) is 1.09. The lowest BCUT2D eigenvalue weighted by molar-refractivity contribution is -0.146. The first-order valence-electron chi connectivity index (χ1n) is 6.64. The van der Waals surface area contributed by atoms with E-state index in [9.17, 15) is 9.59 Å². The minimum absolute atomic E-state index is 0.255. The van der Waals surface area contributed by atoms with Crippen molar-refractivity contribution in [2.45, 2.75) is 37.5 Å². The van der Waals surface area contributed by atoms with E-state index in [1.54, 1.807) is 4.90 Å². The van der Waals surface area contributed by atoms with Crippen molar-refractivity contribution in [3.05, 3.63) is 0 Å². The van der Waals surface area contributed by atoms with Crippen LogP contribution >= 0.6 is 0 Å². The second-order valence-electron chi connectivity index (χ2n) is 5.33. The fourth-order valence-corrected chi connectivity index (χ4v) is 2.88. The topological polar surface area (TPSA) is 93.1 Å². The number of carbonyl (C=O) groups is 2. The highest BCUT2D eigenvalue weighted by molar-refractivity contribution is 5.76. The highest BCUT2D eigenvalue weighted by atomic mass is 16.4. The quantitative estimate of drug-likeness (QED) is 0.632. The van der Waals surface area contributed by atoms with E-state index < -0.39 is 12.1 Å². The second-order valence-corrected chi connectivity index (χ2v) is 5.33. The molecule has 7 heteroatoms. The molecular formula is C12H21N3O4. The van der Waals surface area contributed by atoms with E-state index >= 15 is 0 Å². The summed E-state index contributed by atoms with van der Waals surface area (Å²) < 4.78 is 0. The summed E-state index contributed by atoms with van der Waals surface area (Å²) in [5, 5.41) is 20.2. The van der Waals surface area contributed by atoms with Crippen LogP contribution in [0.2, 0.25) is 0 Å². The Balaban J connectivity index is 1.85. The number of fused-ring (bicyclic) bond motifs is 2. The molecule has 2 amide bonds. The Kier molecular flexibility index (Phi) is 4.26. The Morgan fingerprint density at radius 3 is 2.68 bits per heavy atom. The van der Waals surface area contributed by atoms with Crippen molar-refractivity contribution in [3.63, 3.8) is 0 Å². The number of likely N-dealkylation sites (tertiary alicyclic amines) is 1. The van der Waals surface area contributed by atoms with Gasteiger partial charge in [0, 0.05) is 25.2 Å². The van der Waals surface area contributed by atoms with Crippen molar-refractivity contribution in [1.29, 1.82) is 0 Å². The first-order valence-corrected chi connectivity index (χ1v) is 6.64. The van der Waals surface area contributed by atoms with Gasteiger partial charge in [-0.25, -0.2) is 9.59 Å². The van der Waals surface area contributed by atoms with Crippen LogP contribution in [0.3, 0.4) is 0 Å². The molecule has 3 atom stereocenters. The van der Waals surface area contributed by atoms with Crippen molar-refractivity contribution in [2.24, 2.45) is 0 Å². The Labute approximate surface area is 112 Å². The molecule has 2 saturated heterocycles. The smallest absolute Gasteiger partial charge is 0.334 e. The molecule has 3 unspecified atom stereocenters. The molecule has 0 aromatic rings. The first kappa shape index (κ1) is 14.1. The summed E-state index contributed by atoms with van der Waals surface area (Å²) in [6, 6.07) is 0.649. The summed E-state index contributed by atoms with van der Waals surface area (Å²) in [5.41, 5.74) is 0. The number of carbonyl (C=O) groups excluding carboxylic acids is 1. The molecule has 2 heterocycles. The number of rotatable bonds is 3. The van der Waals surface area contributed by atoms with Gasteiger partial charge in [0.25, 0.3) is 0 Å². The normalized spacial score (nSPS) is 28.8. The molecule has 2 bridgehead atoms. The van der Waals surface area contributed by atoms with Gasteiger partial charge < -0.3 is 20.4 Å². The van der Waals surface area contributed by atoms with Gasteiger partial charge in [0.05, 0.1) is 6.54 Å². The number of aliphatic carboxylic acids is 1. The maximum atomic E-state index is 12.0. The summed E-state index contributed by atoms with van der Waals surface area (Å²) in [5.74, 6) is -1.32. The highest BCUT2D eigenvalue weighted by Gasteiger charge is 2.36. The standard InChI is InChI=1S/C12H21N3O4/c1-14-8-2-3-9(14)7-15(5-4-8)12(19)13-6-10(16)11(17)18/h8-10,16H,2-7H2,1H3,(H,13,19)(H,17,18). The predicted molar refractivity (Wildman–Crippen MR) is 67.8 cm³/mol. The third-order valence-electron chi connectivity index (χ3n) is 4.17. The SMILES string of the molecule is CN1C2CCC1CN(C(=O)NCC(O)C(=O)O)CC2. The number of carboxylic acid groups (broad SMARTS) is 1. The molecule has 0 aromatic carbocycles. The van der Waals surface area contributed by atoms with E-state index in [2.05, 4.69) is 17.3 Å². The van der Waals surface area contributed by atoms with Crippen LogP contribution in [0.15, 0.2) is 0 Å². The molecular weight excluding hydrogens is 250 g/mol. The Hall–Kier alpha value is -1.34. The summed E-state index contributed by atoms with van der Waals surface area (Å²) in [6.07, 6.45) is 1.69. The monoisotopic (exact) mass is 271 g/mol. The van der Waals surface area contributed by atoms with Crippen LogP contribution in [-0.2, 0) is 4.79 Å². The molecule has 0 spiro atoms. The number of nitrogens with one attached hydrogen (secondary N) is 1. The van der Waals surface area contributed by atoms with E-state index in [0.29, 0.717) is 25.2 Å². The van der Waals surface area contributed by atoms with Gasteiger partial charge in [-0.15, -0.1) is 0 Å². The predicted octanol–water partition coefficient (Wildman–Crippen LogP) is -0.690. The largest absolute Gasteiger partial charge is 0.479 e. The summed E-state index contributed by atoms with van der Waals surface area (Å²) >= 11 is 0. The van der Waals surface area contributed by atoms with Gasteiger partial charge in [0.1, 0.15) is 0 Å². The third kappa shape index (κ3) is 3.16. The van der Waals surface area contributed by atoms with Gasteiger partial charge in [0.2, 0.25) is 0 Å². The fraction of sp³-hybridized carbons (Fsp3) is 0.833. The second kappa shape index (κ2) is 5.75. The lowest BCUT2D eigenvalue weighted by atomic mass is 10.1. The van der Waals surface area contributed by atoms with Crippen molar-refractivity contribution < 1.29 is 19.8 Å². The molecule has 2 aliphatic rings. The molecule has 0 aliphatic carbocycles. The van der Waals surface area contributed by atoms with Gasteiger partial charge in [-0.05, 0) is 26.3 Å². The minimum Gasteiger partial charge on any atom is -0.479 e. The van der Waals surface area contributed by atoms with E-state index in [1.165, 1.54) is 6.42 Å². The lowest BCUT2D eigenvalue weighted by Crippen LogP contribution is -2.47. The molecule has 19 heavy (non-hydrogen) atoms. The van der Waals surface area contributed by atoms with Crippen molar-refractivity contribution in [2.75, 3.05) is 26.7 Å². The van der Waals surface area contributed by atoms with E-state index in [4.69, 9.17) is 10.2 Å². The Morgan fingerprint density at radius 1 is 1.32 bits per heavy atom. The number of hydrogen-bond donors (Lipinski definition) is 3. The molecule has 2 aliphatic heterocycles. The van der Waals surface area contributed by atoms with Gasteiger partial charge in [-0.1, -0.05) is 0 Å². The van der Waals surface area contributed by atoms with Crippen LogP contribution in [0.1, 0.15) is 19.3 Å². The fourth-order valence-electron chi connectivity index (χ4n) is 2.88. The van der Waals surface area contributed by atoms with E-state index in [1.807, 2.05) is 0 Å². The third-order valence-corrected chi connectivity index (χ3v) is 4.17. The van der Waals surface area contributed by atoms with Gasteiger partial charge in [-0.2, -0.15) is 0 Å². The summed E-state index contributed by atoms with van der Waals surface area (Å²) in [4.78, 5) is 26.5. The molecule has 7 nitrogen and oxygen atoms in total. The maximum Gasteiger partial charge on any atom is 0.334 e. The molecule has 2 fully saturated rings. The first-order chi connectivity index (χ1) is 8.99. The average Bonchev–Trinajstić information content (AvgIpc) is 2.59. The number of nitrogens with zero attached hydrogens (tertiary/aromatic N) is 2. The van der Waals surface area contributed by atoms with E-state index in [-0.39, 0.29) is 12.6 Å². The van der Waals surface area contributed by atoms with Crippen LogP contribution in [-0.4, -0.2) is 76.9 Å². The van der Waals surface area contributed by atoms with Crippen molar-refractivity contribution in [1.82, 2.24) is 15.1 Å². The van der Waals surface area contributed by atoms with Gasteiger partial charge in [0.15, 0.2) is 6.10 Å². The highest BCUT2D eigenvalue weighted by Crippen LogP contribution is 2.28. The van der Waals surface area contributed by atoms with Crippen molar-refractivity contribution >= 4 is 12.0 Å². The number of urea groups is 1. The molecule has 0 aromatic heterocycles. The number of hydrogen-bond acceptors (Lipinski definition) is 4. The molecule has 3 N–H and O–H groups in total. The van der Waals surface area contributed by atoms with Crippen LogP contribution in [0, 0.1) is 0 Å². The van der Waals surface area contributed by atoms with Gasteiger partial charge >= 0.3 is 12.0 Å².